The highest BCUT2D eigenvalue weighted by molar-refractivity contribution is 5.99. The molecule has 4 heteroatoms. The van der Waals surface area contributed by atoms with E-state index in [1.807, 2.05) is 18.2 Å². The molecule has 0 radical (unpaired) electrons. The number of carbonyl (C=O) groups excluding carboxylic acids is 1. The number of rotatable bonds is 3. The predicted molar refractivity (Wildman–Crippen MR) is 81.7 cm³/mol. The second kappa shape index (κ2) is 5.79. The maximum Gasteiger partial charge on any atom is 0.275 e. The van der Waals surface area contributed by atoms with Crippen LogP contribution in [0.5, 0.6) is 5.75 Å². The van der Waals surface area contributed by atoms with Crippen LogP contribution in [-0.4, -0.2) is 18.7 Å². The Hall–Kier alpha value is -2.62. The average molecular weight is 280 g/mol. The first kappa shape index (κ1) is 13.4. The van der Waals surface area contributed by atoms with Crippen molar-refractivity contribution in [3.05, 3.63) is 65.2 Å². The van der Waals surface area contributed by atoms with Gasteiger partial charge in [-0.1, -0.05) is 36.4 Å². The minimum Gasteiger partial charge on any atom is -0.496 e. The van der Waals surface area contributed by atoms with Crippen molar-refractivity contribution in [3.8, 4) is 5.75 Å². The topological polar surface area (TPSA) is 50.7 Å². The zero-order chi connectivity index (χ0) is 14.7. The summed E-state index contributed by atoms with van der Waals surface area (Å²) in [5, 5.41) is 4.25. The van der Waals surface area contributed by atoms with Crippen molar-refractivity contribution in [1.82, 2.24) is 5.43 Å². The third-order valence-electron chi connectivity index (χ3n) is 3.57. The normalized spacial score (nSPS) is 12.7. The number of carbonyl (C=O) groups is 1. The van der Waals surface area contributed by atoms with Gasteiger partial charge in [-0.15, -0.1) is 0 Å². The van der Waals surface area contributed by atoms with E-state index >= 15 is 0 Å². The third-order valence-corrected chi connectivity index (χ3v) is 3.57. The number of nitrogens with zero attached hydrogens (tertiary/aromatic N) is 1. The molecule has 4 nitrogen and oxygen atoms in total. The van der Waals surface area contributed by atoms with Crippen LogP contribution in [-0.2, 0) is 12.8 Å². The van der Waals surface area contributed by atoms with Gasteiger partial charge in [0.05, 0.1) is 12.7 Å². The fraction of sp³-hybridized carbons (Fsp3) is 0.176. The summed E-state index contributed by atoms with van der Waals surface area (Å²) in [5.41, 5.74) is 6.64. The first-order valence-electron chi connectivity index (χ1n) is 6.83. The quantitative estimate of drug-likeness (QED) is 0.879. The second-order valence-corrected chi connectivity index (χ2v) is 4.94. The van der Waals surface area contributed by atoms with Crippen molar-refractivity contribution in [1.29, 1.82) is 0 Å². The van der Waals surface area contributed by atoms with E-state index in [9.17, 15) is 4.79 Å². The van der Waals surface area contributed by atoms with Crippen molar-refractivity contribution in [3.63, 3.8) is 0 Å². The summed E-state index contributed by atoms with van der Waals surface area (Å²) in [6.07, 6.45) is 1.59. The van der Waals surface area contributed by atoms with Gasteiger partial charge < -0.3 is 4.74 Å². The van der Waals surface area contributed by atoms with Crippen molar-refractivity contribution in [2.24, 2.45) is 5.10 Å². The monoisotopic (exact) mass is 280 g/mol. The molecule has 0 heterocycles. The Kier molecular flexibility index (Phi) is 3.69. The SMILES string of the molecule is COc1ccccc1C(=O)NN=C1Cc2ccccc2C1. The molecule has 0 saturated heterocycles. The van der Waals surface area contributed by atoms with Gasteiger partial charge in [-0.05, 0) is 23.3 Å². The van der Waals surface area contributed by atoms with E-state index in [4.69, 9.17) is 4.74 Å². The lowest BCUT2D eigenvalue weighted by molar-refractivity contribution is 0.0951. The maximum atomic E-state index is 12.2. The molecule has 0 aliphatic heterocycles. The molecule has 0 atom stereocenters. The van der Waals surface area contributed by atoms with Crippen LogP contribution in [0.15, 0.2) is 53.6 Å². The fourth-order valence-electron chi connectivity index (χ4n) is 2.51. The molecule has 21 heavy (non-hydrogen) atoms. The van der Waals surface area contributed by atoms with Gasteiger partial charge in [0, 0.05) is 18.6 Å². The molecule has 2 aromatic carbocycles. The van der Waals surface area contributed by atoms with Crippen LogP contribution in [0, 0.1) is 0 Å². The van der Waals surface area contributed by atoms with Crippen molar-refractivity contribution in [2.75, 3.05) is 7.11 Å². The molecule has 0 saturated carbocycles. The summed E-state index contributed by atoms with van der Waals surface area (Å²) in [4.78, 5) is 12.2. The van der Waals surface area contributed by atoms with E-state index in [0.29, 0.717) is 11.3 Å². The first-order valence-corrected chi connectivity index (χ1v) is 6.83. The van der Waals surface area contributed by atoms with E-state index < -0.39 is 0 Å². The number of para-hydroxylation sites is 1. The summed E-state index contributed by atoms with van der Waals surface area (Å²) in [5.74, 6) is 0.292. The van der Waals surface area contributed by atoms with Crippen LogP contribution < -0.4 is 10.2 Å². The molecular weight excluding hydrogens is 264 g/mol. The molecule has 0 bridgehead atoms. The molecular formula is C17H16N2O2. The third kappa shape index (κ3) is 2.79. The number of hydrogen-bond donors (Lipinski definition) is 1. The zero-order valence-electron chi connectivity index (χ0n) is 11.8. The zero-order valence-corrected chi connectivity index (χ0v) is 11.8. The number of hydrogen-bond acceptors (Lipinski definition) is 3. The van der Waals surface area contributed by atoms with Crippen LogP contribution in [0.1, 0.15) is 21.5 Å². The Balaban J connectivity index is 1.71. The lowest BCUT2D eigenvalue weighted by Crippen LogP contribution is -2.20. The number of ether oxygens (including phenoxy) is 1. The van der Waals surface area contributed by atoms with Gasteiger partial charge in [0.1, 0.15) is 5.75 Å². The Morgan fingerprint density at radius 3 is 2.33 bits per heavy atom. The summed E-state index contributed by atoms with van der Waals surface area (Å²) >= 11 is 0. The average Bonchev–Trinajstić information content (AvgIpc) is 2.95. The van der Waals surface area contributed by atoms with Crippen molar-refractivity contribution >= 4 is 11.6 Å². The van der Waals surface area contributed by atoms with Gasteiger partial charge in [-0.3, -0.25) is 4.79 Å². The standard InChI is InChI=1S/C17H16N2O2/c1-21-16-9-5-4-8-15(16)17(20)19-18-14-10-12-6-2-3-7-13(12)11-14/h2-9H,10-11H2,1H3,(H,19,20). The second-order valence-electron chi connectivity index (χ2n) is 4.94. The van der Waals surface area contributed by atoms with Gasteiger partial charge in [-0.2, -0.15) is 5.10 Å². The van der Waals surface area contributed by atoms with E-state index in [2.05, 4.69) is 22.7 Å². The number of benzene rings is 2. The van der Waals surface area contributed by atoms with Gasteiger partial charge in [-0.25, -0.2) is 5.43 Å². The minimum absolute atomic E-state index is 0.254. The molecule has 106 valence electrons. The number of fused-ring (bicyclic) bond motifs is 1. The molecule has 3 rings (SSSR count). The minimum atomic E-state index is -0.254. The van der Waals surface area contributed by atoms with Crippen molar-refractivity contribution in [2.45, 2.75) is 12.8 Å². The Labute approximate surface area is 123 Å². The van der Waals surface area contributed by atoms with Crippen molar-refractivity contribution < 1.29 is 9.53 Å². The van der Waals surface area contributed by atoms with Crippen LogP contribution >= 0.6 is 0 Å². The number of amides is 1. The highest BCUT2D eigenvalue weighted by Gasteiger charge is 2.17. The lowest BCUT2D eigenvalue weighted by atomic mass is 10.1. The van der Waals surface area contributed by atoms with Crippen LogP contribution in [0.3, 0.4) is 0 Å². The maximum absolute atomic E-state index is 12.2. The number of nitrogens with one attached hydrogen (secondary N) is 1. The number of hydrazone groups is 1. The predicted octanol–water partition coefficient (Wildman–Crippen LogP) is 2.58. The lowest BCUT2D eigenvalue weighted by Gasteiger charge is -2.06. The Morgan fingerprint density at radius 1 is 1.05 bits per heavy atom. The van der Waals surface area contributed by atoms with Gasteiger partial charge in [0.25, 0.3) is 5.91 Å². The summed E-state index contributed by atoms with van der Waals surface area (Å²) in [6.45, 7) is 0. The van der Waals surface area contributed by atoms with Gasteiger partial charge in [0.2, 0.25) is 0 Å². The van der Waals surface area contributed by atoms with Gasteiger partial charge >= 0.3 is 0 Å². The van der Waals surface area contributed by atoms with Crippen LogP contribution in [0.25, 0.3) is 0 Å². The Bertz CT molecular complexity index is 680. The van der Waals surface area contributed by atoms with Crippen LogP contribution in [0.2, 0.25) is 0 Å². The highest BCUT2D eigenvalue weighted by Crippen LogP contribution is 2.20. The number of methoxy groups -OCH3 is 1. The molecule has 0 spiro atoms. The molecule has 1 amide bonds. The van der Waals surface area contributed by atoms with Crippen LogP contribution in [0.4, 0.5) is 0 Å². The fourth-order valence-corrected chi connectivity index (χ4v) is 2.51. The smallest absolute Gasteiger partial charge is 0.275 e. The molecule has 1 aliphatic rings. The molecule has 1 N–H and O–H groups in total. The Morgan fingerprint density at radius 2 is 1.67 bits per heavy atom. The van der Waals surface area contributed by atoms with Gasteiger partial charge in [0.15, 0.2) is 0 Å². The summed E-state index contributed by atoms with van der Waals surface area (Å²) in [6, 6.07) is 15.3. The van der Waals surface area contributed by atoms with E-state index in [0.717, 1.165) is 18.6 Å². The summed E-state index contributed by atoms with van der Waals surface area (Å²) in [7, 11) is 1.55. The van der Waals surface area contributed by atoms with E-state index in [1.165, 1.54) is 11.1 Å². The molecule has 2 aromatic rings. The molecule has 0 unspecified atom stereocenters. The highest BCUT2D eigenvalue weighted by atomic mass is 16.5. The first-order chi connectivity index (χ1) is 10.3. The van der Waals surface area contributed by atoms with E-state index in [-0.39, 0.29) is 5.91 Å². The largest absolute Gasteiger partial charge is 0.496 e. The van der Waals surface area contributed by atoms with E-state index in [1.54, 1.807) is 25.3 Å². The summed E-state index contributed by atoms with van der Waals surface area (Å²) < 4.78 is 5.18. The molecule has 1 aliphatic carbocycles. The molecule has 0 fully saturated rings. The molecule has 0 aromatic heterocycles.